The summed E-state index contributed by atoms with van der Waals surface area (Å²) in [6.07, 6.45) is 8.60. The van der Waals surface area contributed by atoms with Crippen LogP contribution in [0.5, 0.6) is 0 Å². The predicted molar refractivity (Wildman–Crippen MR) is 73.0 cm³/mol. The van der Waals surface area contributed by atoms with E-state index in [1.165, 1.54) is 5.57 Å². The first kappa shape index (κ1) is 13.1. The van der Waals surface area contributed by atoms with Crippen LogP contribution in [0.2, 0.25) is 0 Å². The molecule has 0 aromatic rings. The second kappa shape index (κ2) is 4.11. The Morgan fingerprint density at radius 1 is 1.33 bits per heavy atom. The maximum Gasteiger partial charge on any atom is 0.147 e. The van der Waals surface area contributed by atoms with Crippen LogP contribution in [0.4, 0.5) is 0 Å². The van der Waals surface area contributed by atoms with Crippen molar-refractivity contribution >= 4 is 5.78 Å². The van der Waals surface area contributed by atoms with Crippen molar-refractivity contribution in [2.75, 3.05) is 7.11 Å². The summed E-state index contributed by atoms with van der Waals surface area (Å²) in [4.78, 5) is 12.4. The first-order chi connectivity index (χ1) is 8.29. The lowest BCUT2D eigenvalue weighted by Crippen LogP contribution is -2.23. The zero-order valence-corrected chi connectivity index (χ0v) is 11.9. The van der Waals surface area contributed by atoms with E-state index < -0.39 is 5.41 Å². The molecule has 0 aromatic heterocycles. The molecule has 2 heteroatoms. The number of carbonyl (C=O) groups is 1. The summed E-state index contributed by atoms with van der Waals surface area (Å²) in [6, 6.07) is 0. The molecule has 0 aliphatic heterocycles. The minimum Gasteiger partial charge on any atom is -0.497 e. The van der Waals surface area contributed by atoms with Crippen LogP contribution in [0.15, 0.2) is 35.6 Å². The fourth-order valence-corrected chi connectivity index (χ4v) is 2.89. The Morgan fingerprint density at radius 2 is 2.00 bits per heavy atom. The molecular formula is C16H22O2. The van der Waals surface area contributed by atoms with Gasteiger partial charge in [-0.3, -0.25) is 4.79 Å². The molecule has 2 aliphatic carbocycles. The van der Waals surface area contributed by atoms with Crippen LogP contribution in [-0.4, -0.2) is 12.9 Å². The van der Waals surface area contributed by atoms with Crippen molar-refractivity contribution in [3.63, 3.8) is 0 Å². The monoisotopic (exact) mass is 246 g/mol. The third-order valence-corrected chi connectivity index (χ3v) is 4.23. The maximum absolute atomic E-state index is 12.4. The largest absolute Gasteiger partial charge is 0.497 e. The minimum atomic E-state index is -0.450. The van der Waals surface area contributed by atoms with Crippen molar-refractivity contribution in [2.45, 2.75) is 34.1 Å². The zero-order chi connectivity index (χ0) is 13.6. The number of ketones is 1. The lowest BCUT2D eigenvalue weighted by molar-refractivity contribution is -0.122. The van der Waals surface area contributed by atoms with E-state index in [2.05, 4.69) is 26.8 Å². The summed E-state index contributed by atoms with van der Waals surface area (Å²) >= 11 is 0. The molecule has 0 N–H and O–H groups in total. The number of allylic oxidation sites excluding steroid dienone is 5. The molecular weight excluding hydrogens is 224 g/mol. The van der Waals surface area contributed by atoms with Crippen molar-refractivity contribution < 1.29 is 9.53 Å². The van der Waals surface area contributed by atoms with Gasteiger partial charge in [0.15, 0.2) is 0 Å². The average Bonchev–Trinajstić information content (AvgIpc) is 2.45. The molecule has 2 rings (SSSR count). The summed E-state index contributed by atoms with van der Waals surface area (Å²) in [5.74, 6) is 1.43. The number of rotatable bonds is 1. The summed E-state index contributed by atoms with van der Waals surface area (Å²) < 4.78 is 5.26. The third-order valence-electron chi connectivity index (χ3n) is 4.23. The first-order valence-corrected chi connectivity index (χ1v) is 6.48. The van der Waals surface area contributed by atoms with Crippen LogP contribution in [0.25, 0.3) is 0 Å². The first-order valence-electron chi connectivity index (χ1n) is 6.48. The SMILES string of the molecule is COC1=CC=C2[C@H](C(C)(C)C)CC(=O)[C@]2(C)C=C1. The summed E-state index contributed by atoms with van der Waals surface area (Å²) in [5.41, 5.74) is 0.885. The Kier molecular flexibility index (Phi) is 3.00. The zero-order valence-electron chi connectivity index (χ0n) is 11.9. The van der Waals surface area contributed by atoms with E-state index >= 15 is 0 Å². The lowest BCUT2D eigenvalue weighted by atomic mass is 9.73. The highest BCUT2D eigenvalue weighted by molar-refractivity contribution is 5.94. The van der Waals surface area contributed by atoms with Crippen LogP contribution < -0.4 is 0 Å². The molecule has 98 valence electrons. The van der Waals surface area contributed by atoms with E-state index in [4.69, 9.17) is 4.74 Å². The molecule has 1 fully saturated rings. The van der Waals surface area contributed by atoms with Crippen LogP contribution in [0.3, 0.4) is 0 Å². The van der Waals surface area contributed by atoms with Crippen molar-refractivity contribution in [3.05, 3.63) is 35.6 Å². The molecule has 0 spiro atoms. The number of hydrogen-bond acceptors (Lipinski definition) is 2. The van der Waals surface area contributed by atoms with E-state index in [1.54, 1.807) is 7.11 Å². The number of methoxy groups -OCH3 is 1. The minimum absolute atomic E-state index is 0.110. The van der Waals surface area contributed by atoms with E-state index in [0.717, 1.165) is 5.76 Å². The molecule has 0 heterocycles. The standard InChI is InChI=1S/C16H22O2/c1-15(2,3)13-10-14(17)16(4)9-8-11(18-5)6-7-12(13)16/h6-9,13H,10H2,1-5H3/t13-,16-/m1/s1. The Labute approximate surface area is 109 Å². The topological polar surface area (TPSA) is 26.3 Å². The molecule has 2 nitrogen and oxygen atoms in total. The average molecular weight is 246 g/mol. The molecule has 1 saturated carbocycles. The van der Waals surface area contributed by atoms with E-state index in [9.17, 15) is 4.79 Å². The summed E-state index contributed by atoms with van der Waals surface area (Å²) in [7, 11) is 1.65. The van der Waals surface area contributed by atoms with Crippen molar-refractivity contribution in [1.29, 1.82) is 0 Å². The molecule has 18 heavy (non-hydrogen) atoms. The highest BCUT2D eigenvalue weighted by atomic mass is 16.5. The number of ether oxygens (including phenoxy) is 1. The molecule has 0 aromatic carbocycles. The van der Waals surface area contributed by atoms with Crippen molar-refractivity contribution in [2.24, 2.45) is 16.7 Å². The fourth-order valence-electron chi connectivity index (χ4n) is 2.89. The Hall–Kier alpha value is -1.31. The fraction of sp³-hybridized carbons (Fsp3) is 0.562. The molecule has 0 unspecified atom stereocenters. The molecule has 2 atom stereocenters. The van der Waals surface area contributed by atoms with Gasteiger partial charge in [-0.15, -0.1) is 0 Å². The van der Waals surface area contributed by atoms with Gasteiger partial charge in [0.1, 0.15) is 11.5 Å². The Bertz CT molecular complexity index is 460. The van der Waals surface area contributed by atoms with Gasteiger partial charge in [-0.2, -0.15) is 0 Å². The van der Waals surface area contributed by atoms with Gasteiger partial charge >= 0.3 is 0 Å². The second-order valence-electron chi connectivity index (χ2n) is 6.48. The van der Waals surface area contributed by atoms with E-state index in [-0.39, 0.29) is 5.41 Å². The Morgan fingerprint density at radius 3 is 2.56 bits per heavy atom. The van der Waals surface area contributed by atoms with E-state index in [0.29, 0.717) is 18.1 Å². The van der Waals surface area contributed by atoms with Gasteiger partial charge in [0.25, 0.3) is 0 Å². The molecule has 0 bridgehead atoms. The second-order valence-corrected chi connectivity index (χ2v) is 6.48. The number of Topliss-reactive ketones (excluding diaryl/α,β-unsaturated/α-hetero) is 1. The highest BCUT2D eigenvalue weighted by Crippen LogP contribution is 2.52. The van der Waals surface area contributed by atoms with Gasteiger partial charge in [-0.05, 0) is 36.0 Å². The van der Waals surface area contributed by atoms with E-state index in [1.807, 2.05) is 25.2 Å². The number of carbonyl (C=O) groups excluding carboxylic acids is 1. The van der Waals surface area contributed by atoms with Crippen LogP contribution in [0.1, 0.15) is 34.1 Å². The Balaban J connectivity index is 2.51. The molecule has 2 aliphatic rings. The highest BCUT2D eigenvalue weighted by Gasteiger charge is 2.49. The maximum atomic E-state index is 12.4. The van der Waals surface area contributed by atoms with Crippen molar-refractivity contribution in [3.8, 4) is 0 Å². The van der Waals surface area contributed by atoms with Crippen LogP contribution in [-0.2, 0) is 9.53 Å². The van der Waals surface area contributed by atoms with Gasteiger partial charge < -0.3 is 4.74 Å². The van der Waals surface area contributed by atoms with Gasteiger partial charge in [0.05, 0.1) is 12.5 Å². The quantitative estimate of drug-likeness (QED) is 0.706. The van der Waals surface area contributed by atoms with Gasteiger partial charge in [0, 0.05) is 6.42 Å². The predicted octanol–water partition coefficient (Wildman–Crippen LogP) is 3.65. The van der Waals surface area contributed by atoms with Gasteiger partial charge in [-0.1, -0.05) is 32.9 Å². The molecule has 0 radical (unpaired) electrons. The van der Waals surface area contributed by atoms with Gasteiger partial charge in [-0.25, -0.2) is 0 Å². The molecule has 0 saturated heterocycles. The molecule has 0 amide bonds. The normalized spacial score (nSPS) is 31.6. The smallest absolute Gasteiger partial charge is 0.147 e. The van der Waals surface area contributed by atoms with Crippen LogP contribution in [0, 0.1) is 16.7 Å². The third kappa shape index (κ3) is 1.94. The van der Waals surface area contributed by atoms with Crippen molar-refractivity contribution in [1.82, 2.24) is 0 Å². The van der Waals surface area contributed by atoms with Gasteiger partial charge in [0.2, 0.25) is 0 Å². The summed E-state index contributed by atoms with van der Waals surface area (Å²) in [5, 5.41) is 0. The number of fused-ring (bicyclic) bond motifs is 1. The lowest BCUT2D eigenvalue weighted by Gasteiger charge is -2.30. The summed E-state index contributed by atoms with van der Waals surface area (Å²) in [6.45, 7) is 8.63. The van der Waals surface area contributed by atoms with Crippen LogP contribution >= 0.6 is 0 Å². The number of hydrogen-bond donors (Lipinski definition) is 0.